The van der Waals surface area contributed by atoms with E-state index in [1.54, 1.807) is 11.8 Å². The summed E-state index contributed by atoms with van der Waals surface area (Å²) >= 11 is 1.80. The predicted molar refractivity (Wildman–Crippen MR) is 122 cm³/mol. The number of amides is 1. The molecule has 0 radical (unpaired) electrons. The largest absolute Gasteiger partial charge is 0.348 e. The first kappa shape index (κ1) is 19.3. The molecule has 1 amide bonds. The molecule has 0 aliphatic heterocycles. The minimum Gasteiger partial charge on any atom is -0.348 e. The van der Waals surface area contributed by atoms with Crippen LogP contribution in [0, 0.1) is 6.92 Å². The third-order valence-corrected chi connectivity index (χ3v) is 5.99. The zero-order valence-corrected chi connectivity index (χ0v) is 17.2. The zero-order chi connectivity index (χ0) is 20.1. The Kier molecular flexibility index (Phi) is 5.97. The highest BCUT2D eigenvalue weighted by atomic mass is 32.2. The molecule has 4 rings (SSSR count). The summed E-state index contributed by atoms with van der Waals surface area (Å²) in [7, 11) is 0. The summed E-state index contributed by atoms with van der Waals surface area (Å²) in [6.45, 7) is 2.62. The van der Waals surface area contributed by atoms with Crippen molar-refractivity contribution < 1.29 is 4.79 Å². The second kappa shape index (κ2) is 8.97. The maximum Gasteiger partial charge on any atom is 0.251 e. The van der Waals surface area contributed by atoms with Crippen molar-refractivity contribution in [1.82, 2.24) is 5.32 Å². The SMILES string of the molecule is Cc1ccc(SCc2ccc(C(=O)NCc3ccc4ccccc4c3)cc2)cc1. The van der Waals surface area contributed by atoms with E-state index in [1.807, 2.05) is 36.4 Å². The standard InChI is InChI=1S/C26H23NOS/c1-19-6-14-25(15-7-19)29-18-20-8-12-23(13-9-20)26(28)27-17-21-10-11-22-4-2-3-5-24(22)16-21/h2-16H,17-18H2,1H3,(H,27,28). The van der Waals surface area contributed by atoms with E-state index in [1.165, 1.54) is 26.8 Å². The van der Waals surface area contributed by atoms with Crippen LogP contribution in [0.2, 0.25) is 0 Å². The van der Waals surface area contributed by atoms with E-state index in [4.69, 9.17) is 0 Å². The van der Waals surface area contributed by atoms with Gasteiger partial charge in [-0.2, -0.15) is 0 Å². The molecule has 4 aromatic carbocycles. The summed E-state index contributed by atoms with van der Waals surface area (Å²) in [5.74, 6) is 0.845. The van der Waals surface area contributed by atoms with Crippen molar-refractivity contribution in [3.8, 4) is 0 Å². The van der Waals surface area contributed by atoms with E-state index in [0.29, 0.717) is 12.1 Å². The van der Waals surface area contributed by atoms with Crippen molar-refractivity contribution in [2.45, 2.75) is 24.1 Å². The highest BCUT2D eigenvalue weighted by Gasteiger charge is 2.06. The van der Waals surface area contributed by atoms with Crippen LogP contribution < -0.4 is 5.32 Å². The molecule has 3 heteroatoms. The molecule has 0 saturated carbocycles. The molecule has 0 heterocycles. The van der Waals surface area contributed by atoms with E-state index in [2.05, 4.69) is 66.8 Å². The quantitative estimate of drug-likeness (QED) is 0.383. The smallest absolute Gasteiger partial charge is 0.251 e. The van der Waals surface area contributed by atoms with Gasteiger partial charge >= 0.3 is 0 Å². The summed E-state index contributed by atoms with van der Waals surface area (Å²) < 4.78 is 0. The maximum absolute atomic E-state index is 12.5. The highest BCUT2D eigenvalue weighted by molar-refractivity contribution is 7.98. The molecular formula is C26H23NOS. The maximum atomic E-state index is 12.5. The first-order valence-corrected chi connectivity index (χ1v) is 10.7. The van der Waals surface area contributed by atoms with Crippen molar-refractivity contribution in [2.75, 3.05) is 0 Å². The van der Waals surface area contributed by atoms with Gasteiger partial charge in [-0.3, -0.25) is 4.79 Å². The molecule has 0 atom stereocenters. The Morgan fingerprint density at radius 2 is 1.48 bits per heavy atom. The van der Waals surface area contributed by atoms with Gasteiger partial charge in [0.2, 0.25) is 0 Å². The third-order valence-electron chi connectivity index (χ3n) is 4.91. The van der Waals surface area contributed by atoms with Gasteiger partial charge in [0.05, 0.1) is 0 Å². The van der Waals surface area contributed by atoms with Gasteiger partial charge in [0.25, 0.3) is 5.91 Å². The van der Waals surface area contributed by atoms with Gasteiger partial charge in [-0.25, -0.2) is 0 Å². The minimum atomic E-state index is -0.0455. The molecule has 1 N–H and O–H groups in total. The summed E-state index contributed by atoms with van der Waals surface area (Å²) in [6.07, 6.45) is 0. The molecule has 0 bridgehead atoms. The van der Waals surface area contributed by atoms with Crippen molar-refractivity contribution in [3.63, 3.8) is 0 Å². The van der Waals surface area contributed by atoms with E-state index in [0.717, 1.165) is 11.3 Å². The van der Waals surface area contributed by atoms with E-state index >= 15 is 0 Å². The Labute approximate surface area is 176 Å². The number of fused-ring (bicyclic) bond motifs is 1. The van der Waals surface area contributed by atoms with Crippen LogP contribution in [0.25, 0.3) is 10.8 Å². The Bertz CT molecular complexity index is 1120. The molecule has 0 aliphatic carbocycles. The van der Waals surface area contributed by atoms with Crippen LogP contribution in [0.15, 0.2) is 95.9 Å². The van der Waals surface area contributed by atoms with Gasteiger partial charge in [-0.05, 0) is 59.2 Å². The molecule has 29 heavy (non-hydrogen) atoms. The van der Waals surface area contributed by atoms with Gasteiger partial charge in [-0.15, -0.1) is 11.8 Å². The molecule has 0 aromatic heterocycles. The van der Waals surface area contributed by atoms with E-state index < -0.39 is 0 Å². The minimum absolute atomic E-state index is 0.0455. The first-order chi connectivity index (χ1) is 14.2. The van der Waals surface area contributed by atoms with Crippen LogP contribution in [0.1, 0.15) is 27.0 Å². The molecule has 0 saturated heterocycles. The van der Waals surface area contributed by atoms with Crippen LogP contribution in [-0.2, 0) is 12.3 Å². The highest BCUT2D eigenvalue weighted by Crippen LogP contribution is 2.23. The predicted octanol–water partition coefficient (Wildman–Crippen LogP) is 6.37. The average molecular weight is 398 g/mol. The van der Waals surface area contributed by atoms with Crippen molar-refractivity contribution >= 4 is 28.4 Å². The summed E-state index contributed by atoms with van der Waals surface area (Å²) in [4.78, 5) is 13.7. The van der Waals surface area contributed by atoms with Gasteiger partial charge in [0.1, 0.15) is 0 Å². The molecule has 0 unspecified atom stereocenters. The number of thioether (sulfide) groups is 1. The fraction of sp³-hybridized carbons (Fsp3) is 0.115. The monoisotopic (exact) mass is 397 g/mol. The van der Waals surface area contributed by atoms with Crippen LogP contribution in [-0.4, -0.2) is 5.91 Å². The van der Waals surface area contributed by atoms with E-state index in [9.17, 15) is 4.79 Å². The number of rotatable bonds is 6. The van der Waals surface area contributed by atoms with Crippen molar-refractivity contribution in [2.24, 2.45) is 0 Å². The second-order valence-corrected chi connectivity index (χ2v) is 8.21. The van der Waals surface area contributed by atoms with E-state index in [-0.39, 0.29) is 5.91 Å². The topological polar surface area (TPSA) is 29.1 Å². The first-order valence-electron chi connectivity index (χ1n) is 9.72. The Hall–Kier alpha value is -3.04. The van der Waals surface area contributed by atoms with Gasteiger partial charge in [-0.1, -0.05) is 66.2 Å². The van der Waals surface area contributed by atoms with Crippen LogP contribution in [0.5, 0.6) is 0 Å². The number of carbonyl (C=O) groups is 1. The normalized spacial score (nSPS) is 10.8. The Morgan fingerprint density at radius 3 is 2.24 bits per heavy atom. The number of hydrogen-bond acceptors (Lipinski definition) is 2. The molecule has 0 aliphatic rings. The fourth-order valence-corrected chi connectivity index (χ4v) is 4.04. The van der Waals surface area contributed by atoms with Gasteiger partial charge in [0, 0.05) is 22.8 Å². The lowest BCUT2D eigenvalue weighted by Gasteiger charge is -2.08. The molecule has 4 aromatic rings. The third kappa shape index (κ3) is 5.07. The summed E-state index contributed by atoms with van der Waals surface area (Å²) in [6, 6.07) is 31.0. The van der Waals surface area contributed by atoms with Gasteiger partial charge in [0.15, 0.2) is 0 Å². The average Bonchev–Trinajstić information content (AvgIpc) is 2.77. The lowest BCUT2D eigenvalue weighted by atomic mass is 10.1. The number of nitrogens with one attached hydrogen (secondary N) is 1. The van der Waals surface area contributed by atoms with Crippen molar-refractivity contribution in [1.29, 1.82) is 0 Å². The molecule has 0 fully saturated rings. The lowest BCUT2D eigenvalue weighted by Crippen LogP contribution is -2.22. The number of benzene rings is 4. The molecule has 0 spiro atoms. The number of hydrogen-bond donors (Lipinski definition) is 1. The zero-order valence-electron chi connectivity index (χ0n) is 16.4. The number of carbonyl (C=O) groups excluding carboxylic acids is 1. The van der Waals surface area contributed by atoms with Crippen LogP contribution in [0.4, 0.5) is 0 Å². The second-order valence-electron chi connectivity index (χ2n) is 7.16. The van der Waals surface area contributed by atoms with Crippen LogP contribution in [0.3, 0.4) is 0 Å². The Morgan fingerprint density at radius 1 is 0.793 bits per heavy atom. The van der Waals surface area contributed by atoms with Crippen molar-refractivity contribution in [3.05, 3.63) is 113 Å². The van der Waals surface area contributed by atoms with Gasteiger partial charge < -0.3 is 5.32 Å². The summed E-state index contributed by atoms with van der Waals surface area (Å²) in [5.41, 5.74) is 4.27. The number of aryl methyl sites for hydroxylation is 1. The summed E-state index contributed by atoms with van der Waals surface area (Å²) in [5, 5.41) is 5.42. The van der Waals surface area contributed by atoms with Crippen LogP contribution >= 0.6 is 11.8 Å². The molecule has 2 nitrogen and oxygen atoms in total. The fourth-order valence-electron chi connectivity index (χ4n) is 3.19. The lowest BCUT2D eigenvalue weighted by molar-refractivity contribution is 0.0951. The molecule has 144 valence electrons. The molecular weight excluding hydrogens is 374 g/mol. The Balaban J connectivity index is 1.33.